The van der Waals surface area contributed by atoms with E-state index in [0.29, 0.717) is 10.7 Å². The first-order valence-corrected chi connectivity index (χ1v) is 10.3. The summed E-state index contributed by atoms with van der Waals surface area (Å²) in [6.07, 6.45) is -4.85. The summed E-state index contributed by atoms with van der Waals surface area (Å²) in [5.41, 5.74) is -0.477. The third-order valence-corrected chi connectivity index (χ3v) is 5.42. The molecule has 12 heteroatoms. The Morgan fingerprint density at radius 1 is 1.18 bits per heavy atom. The number of benzene rings is 2. The van der Waals surface area contributed by atoms with Crippen molar-refractivity contribution in [2.75, 3.05) is 16.0 Å². The predicted octanol–water partition coefficient (Wildman–Crippen LogP) is 4.56. The molecule has 0 spiro atoms. The van der Waals surface area contributed by atoms with Gasteiger partial charge in [-0.2, -0.15) is 18.2 Å². The molecule has 3 aromatic rings. The van der Waals surface area contributed by atoms with Crippen molar-refractivity contribution in [3.05, 3.63) is 74.5 Å². The third kappa shape index (κ3) is 4.88. The lowest BCUT2D eigenvalue weighted by Crippen LogP contribution is -2.36. The normalized spacial score (nSPS) is 15.3. The van der Waals surface area contributed by atoms with Gasteiger partial charge < -0.3 is 16.0 Å². The molecule has 4 rings (SSSR count). The number of rotatable bonds is 4. The Hall–Kier alpha value is -3.86. The van der Waals surface area contributed by atoms with Crippen molar-refractivity contribution < 1.29 is 22.8 Å². The van der Waals surface area contributed by atoms with Gasteiger partial charge in [0, 0.05) is 12.1 Å². The standard InChI is InChI=1S/C22H17ClF3N5O3/c1-10-5-6-15(14(23)7-10)28-19(33)13-9-16(32)29-18-17(13)20(34)31-21(30-18)27-12-4-2-3-11(8-12)22(24,25)26/h2-8,13H,9H2,1H3,(H,28,33)(H3,27,29,30,31,32,34)/t13-/m1/s1. The fourth-order valence-corrected chi connectivity index (χ4v) is 3.79. The number of hydrogen-bond acceptors (Lipinski definition) is 5. The number of carbonyl (C=O) groups is 2. The molecule has 0 saturated heterocycles. The lowest BCUT2D eigenvalue weighted by atomic mass is 9.92. The lowest BCUT2D eigenvalue weighted by molar-refractivity contribution is -0.137. The summed E-state index contributed by atoms with van der Waals surface area (Å²) in [5.74, 6) is -2.70. The van der Waals surface area contributed by atoms with Crippen LogP contribution in [0, 0.1) is 6.92 Å². The first-order valence-electron chi connectivity index (χ1n) is 9.96. The minimum Gasteiger partial charge on any atom is -0.326 e. The van der Waals surface area contributed by atoms with Gasteiger partial charge in [-0.3, -0.25) is 19.4 Å². The van der Waals surface area contributed by atoms with Gasteiger partial charge in [-0.05, 0) is 42.8 Å². The Morgan fingerprint density at radius 2 is 1.94 bits per heavy atom. The van der Waals surface area contributed by atoms with Gasteiger partial charge in [0.1, 0.15) is 5.82 Å². The topological polar surface area (TPSA) is 116 Å². The van der Waals surface area contributed by atoms with E-state index in [4.69, 9.17) is 11.6 Å². The number of H-pyrrole nitrogens is 1. The maximum atomic E-state index is 13.0. The smallest absolute Gasteiger partial charge is 0.326 e. The maximum Gasteiger partial charge on any atom is 0.416 e. The summed E-state index contributed by atoms with van der Waals surface area (Å²) < 4.78 is 38.9. The van der Waals surface area contributed by atoms with Crippen LogP contribution in [0.5, 0.6) is 0 Å². The second-order valence-electron chi connectivity index (χ2n) is 7.66. The molecule has 1 atom stereocenters. The fraction of sp³-hybridized carbons (Fsp3) is 0.182. The van der Waals surface area contributed by atoms with Crippen molar-refractivity contribution in [2.45, 2.75) is 25.4 Å². The van der Waals surface area contributed by atoms with Crippen LogP contribution in [0.25, 0.3) is 0 Å². The van der Waals surface area contributed by atoms with E-state index in [9.17, 15) is 27.6 Å². The molecule has 0 bridgehead atoms. The number of aryl methyl sites for hydroxylation is 1. The van der Waals surface area contributed by atoms with Crippen LogP contribution in [0.2, 0.25) is 5.02 Å². The molecule has 0 fully saturated rings. The molecular formula is C22H17ClF3N5O3. The van der Waals surface area contributed by atoms with Crippen LogP contribution in [0.3, 0.4) is 0 Å². The van der Waals surface area contributed by atoms with E-state index < -0.39 is 35.0 Å². The molecule has 34 heavy (non-hydrogen) atoms. The zero-order valence-corrected chi connectivity index (χ0v) is 18.3. The summed E-state index contributed by atoms with van der Waals surface area (Å²) in [4.78, 5) is 44.5. The molecule has 1 aliphatic heterocycles. The van der Waals surface area contributed by atoms with Crippen molar-refractivity contribution in [2.24, 2.45) is 0 Å². The highest BCUT2D eigenvalue weighted by atomic mass is 35.5. The van der Waals surface area contributed by atoms with E-state index in [1.807, 2.05) is 6.92 Å². The van der Waals surface area contributed by atoms with Gasteiger partial charge in [-0.1, -0.05) is 23.7 Å². The highest BCUT2D eigenvalue weighted by Gasteiger charge is 2.35. The first-order chi connectivity index (χ1) is 16.0. The number of hydrogen-bond donors (Lipinski definition) is 4. The van der Waals surface area contributed by atoms with E-state index in [1.54, 1.807) is 18.2 Å². The average Bonchev–Trinajstić information content (AvgIpc) is 2.74. The van der Waals surface area contributed by atoms with Gasteiger partial charge in [0.25, 0.3) is 5.56 Å². The summed E-state index contributed by atoms with van der Waals surface area (Å²) in [6, 6.07) is 9.29. The second-order valence-corrected chi connectivity index (χ2v) is 8.07. The number of aromatic nitrogens is 2. The number of nitrogens with zero attached hydrogens (tertiary/aromatic N) is 1. The molecule has 2 aromatic carbocycles. The van der Waals surface area contributed by atoms with Gasteiger partial charge in [0.15, 0.2) is 0 Å². The van der Waals surface area contributed by atoms with Gasteiger partial charge in [-0.25, -0.2) is 0 Å². The number of alkyl halides is 3. The molecule has 1 aromatic heterocycles. The average molecular weight is 492 g/mol. The Kier molecular flexibility index (Phi) is 6.05. The van der Waals surface area contributed by atoms with Crippen LogP contribution >= 0.6 is 11.6 Å². The Morgan fingerprint density at radius 3 is 2.65 bits per heavy atom. The number of amides is 2. The van der Waals surface area contributed by atoms with Crippen molar-refractivity contribution >= 4 is 46.6 Å². The molecule has 1 aliphatic rings. The molecule has 0 aliphatic carbocycles. The number of anilines is 4. The van der Waals surface area contributed by atoms with Crippen LogP contribution in [-0.2, 0) is 15.8 Å². The number of aromatic amines is 1. The lowest BCUT2D eigenvalue weighted by Gasteiger charge is -2.24. The maximum absolute atomic E-state index is 13.0. The predicted molar refractivity (Wildman–Crippen MR) is 120 cm³/mol. The minimum atomic E-state index is -4.55. The molecule has 0 saturated carbocycles. The van der Waals surface area contributed by atoms with E-state index in [0.717, 1.165) is 17.7 Å². The van der Waals surface area contributed by atoms with Gasteiger partial charge in [-0.15, -0.1) is 0 Å². The van der Waals surface area contributed by atoms with Crippen LogP contribution in [0.4, 0.5) is 36.3 Å². The number of halogens is 4. The number of fused-ring (bicyclic) bond motifs is 1. The monoisotopic (exact) mass is 491 g/mol. The molecule has 176 valence electrons. The van der Waals surface area contributed by atoms with E-state index in [2.05, 4.69) is 25.9 Å². The summed E-state index contributed by atoms with van der Waals surface area (Å²) in [6.45, 7) is 1.83. The zero-order valence-electron chi connectivity index (χ0n) is 17.5. The van der Waals surface area contributed by atoms with Crippen molar-refractivity contribution in [3.8, 4) is 0 Å². The van der Waals surface area contributed by atoms with Crippen molar-refractivity contribution in [1.29, 1.82) is 0 Å². The summed E-state index contributed by atoms with van der Waals surface area (Å²) in [5, 5.41) is 7.93. The quantitative estimate of drug-likeness (QED) is 0.427. The minimum absolute atomic E-state index is 0.0170. The third-order valence-electron chi connectivity index (χ3n) is 5.10. The molecule has 8 nitrogen and oxygen atoms in total. The molecule has 4 N–H and O–H groups in total. The van der Waals surface area contributed by atoms with Crippen LogP contribution in [0.1, 0.15) is 29.0 Å². The second kappa shape index (κ2) is 8.82. The van der Waals surface area contributed by atoms with Crippen LogP contribution in [-0.4, -0.2) is 21.8 Å². The highest BCUT2D eigenvalue weighted by Crippen LogP contribution is 2.33. The van der Waals surface area contributed by atoms with E-state index in [1.165, 1.54) is 12.1 Å². The fourth-order valence-electron chi connectivity index (χ4n) is 3.51. The van der Waals surface area contributed by atoms with Gasteiger partial charge in [0.2, 0.25) is 17.8 Å². The molecule has 0 unspecified atom stereocenters. The number of nitrogens with one attached hydrogen (secondary N) is 4. The van der Waals surface area contributed by atoms with Gasteiger partial charge >= 0.3 is 6.18 Å². The van der Waals surface area contributed by atoms with Crippen LogP contribution < -0.4 is 21.5 Å². The Labute approximate surface area is 195 Å². The van der Waals surface area contributed by atoms with Crippen LogP contribution in [0.15, 0.2) is 47.3 Å². The van der Waals surface area contributed by atoms with Crippen molar-refractivity contribution in [1.82, 2.24) is 9.97 Å². The van der Waals surface area contributed by atoms with Gasteiger partial charge in [0.05, 0.1) is 27.8 Å². The Bertz CT molecular complexity index is 1360. The summed E-state index contributed by atoms with van der Waals surface area (Å²) >= 11 is 6.16. The Balaban J connectivity index is 1.63. The molecule has 0 radical (unpaired) electrons. The molecule has 2 amide bonds. The highest BCUT2D eigenvalue weighted by molar-refractivity contribution is 6.33. The largest absolute Gasteiger partial charge is 0.416 e. The molecule has 2 heterocycles. The molecular weight excluding hydrogens is 475 g/mol. The summed E-state index contributed by atoms with van der Waals surface area (Å²) in [7, 11) is 0. The number of carbonyl (C=O) groups excluding carboxylic acids is 2. The van der Waals surface area contributed by atoms with Crippen molar-refractivity contribution in [3.63, 3.8) is 0 Å². The van der Waals surface area contributed by atoms with E-state index >= 15 is 0 Å². The van der Waals surface area contributed by atoms with E-state index in [-0.39, 0.29) is 29.4 Å². The zero-order chi connectivity index (χ0) is 24.6. The first kappa shape index (κ1) is 23.3. The SMILES string of the molecule is Cc1ccc(NC(=O)[C@@H]2CC(=O)Nc3nc(Nc4cccc(C(F)(F)F)c4)[nH]c(=O)c32)c(Cl)c1.